The lowest BCUT2D eigenvalue weighted by Crippen LogP contribution is -2.05. The maximum absolute atomic E-state index is 5.65. The molecule has 6 heteroatoms. The molecule has 140 valence electrons. The van der Waals surface area contributed by atoms with Crippen molar-refractivity contribution in [3.8, 4) is 11.5 Å². The van der Waals surface area contributed by atoms with Gasteiger partial charge < -0.3 is 20.1 Å². The average Bonchev–Trinajstić information content (AvgIpc) is 2.68. The van der Waals surface area contributed by atoms with E-state index in [1.165, 1.54) is 0 Å². The van der Waals surface area contributed by atoms with E-state index in [4.69, 9.17) is 9.47 Å². The molecule has 0 saturated heterocycles. The summed E-state index contributed by atoms with van der Waals surface area (Å²) >= 11 is 0. The first-order chi connectivity index (χ1) is 13.1. The van der Waals surface area contributed by atoms with Gasteiger partial charge in [-0.15, -0.1) is 0 Å². The van der Waals surface area contributed by atoms with Crippen LogP contribution in [0.15, 0.2) is 60.8 Å². The number of nitrogens with one attached hydrogen (secondary N) is 2. The van der Waals surface area contributed by atoms with Gasteiger partial charge in [0.15, 0.2) is 0 Å². The van der Waals surface area contributed by atoms with Crippen molar-refractivity contribution >= 4 is 17.5 Å². The number of hydrogen-bond donors (Lipinski definition) is 2. The molecule has 3 rings (SSSR count). The molecule has 0 aliphatic carbocycles. The normalized spacial score (nSPS) is 10.5. The second-order valence-corrected chi connectivity index (χ2v) is 6.28. The molecule has 1 aromatic heterocycles. The Balaban J connectivity index is 1.59. The van der Waals surface area contributed by atoms with Gasteiger partial charge in [-0.25, -0.2) is 4.98 Å². The topological polar surface area (TPSA) is 68.3 Å². The quantitative estimate of drug-likeness (QED) is 0.607. The molecule has 6 nitrogen and oxygen atoms in total. The van der Waals surface area contributed by atoms with Crippen LogP contribution in [0.4, 0.5) is 17.5 Å². The van der Waals surface area contributed by atoms with Crippen molar-refractivity contribution in [2.24, 2.45) is 0 Å². The highest BCUT2D eigenvalue weighted by atomic mass is 16.5. The zero-order chi connectivity index (χ0) is 19.1. The molecule has 3 aromatic rings. The largest absolute Gasteiger partial charge is 0.497 e. The molecule has 1 heterocycles. The van der Waals surface area contributed by atoms with E-state index in [1.807, 2.05) is 68.4 Å². The van der Waals surface area contributed by atoms with Crippen molar-refractivity contribution in [1.82, 2.24) is 9.97 Å². The van der Waals surface area contributed by atoms with E-state index in [1.54, 1.807) is 13.3 Å². The van der Waals surface area contributed by atoms with Gasteiger partial charge >= 0.3 is 0 Å². The maximum atomic E-state index is 5.65. The van der Waals surface area contributed by atoms with Crippen molar-refractivity contribution < 1.29 is 9.47 Å². The fraction of sp³-hybridized carbons (Fsp3) is 0.238. The van der Waals surface area contributed by atoms with Gasteiger partial charge in [0.05, 0.1) is 13.2 Å². The molecule has 0 aliphatic heterocycles. The summed E-state index contributed by atoms with van der Waals surface area (Å²) in [5.41, 5.74) is 2.04. The minimum Gasteiger partial charge on any atom is -0.497 e. The molecule has 0 fully saturated rings. The first-order valence-corrected chi connectivity index (χ1v) is 8.86. The van der Waals surface area contributed by atoms with Crippen LogP contribution in [-0.2, 0) is 6.54 Å². The third-order valence-corrected chi connectivity index (χ3v) is 3.77. The summed E-state index contributed by atoms with van der Waals surface area (Å²) in [6.45, 7) is 4.68. The molecule has 0 spiro atoms. The molecule has 0 amide bonds. The Kier molecular flexibility index (Phi) is 6.10. The van der Waals surface area contributed by atoms with Gasteiger partial charge in [-0.05, 0) is 61.9 Å². The Morgan fingerprint density at radius 1 is 0.926 bits per heavy atom. The van der Waals surface area contributed by atoms with Crippen molar-refractivity contribution in [1.29, 1.82) is 0 Å². The van der Waals surface area contributed by atoms with Crippen LogP contribution in [0.1, 0.15) is 19.4 Å². The Labute approximate surface area is 159 Å². The van der Waals surface area contributed by atoms with E-state index in [0.717, 1.165) is 28.6 Å². The lowest BCUT2D eigenvalue weighted by molar-refractivity contribution is 0.242. The first kappa shape index (κ1) is 18.5. The number of hydrogen-bond acceptors (Lipinski definition) is 6. The SMILES string of the molecule is COc1ccc(CNc2ccnc(Nc3ccc(OC(C)C)cc3)n2)cc1. The molecule has 0 bridgehead atoms. The number of anilines is 3. The predicted octanol–water partition coefficient (Wildman–Crippen LogP) is 4.63. The Morgan fingerprint density at radius 2 is 1.63 bits per heavy atom. The molecular weight excluding hydrogens is 340 g/mol. The predicted molar refractivity (Wildman–Crippen MR) is 108 cm³/mol. The van der Waals surface area contributed by atoms with Gasteiger partial charge in [-0.3, -0.25) is 0 Å². The molecule has 0 radical (unpaired) electrons. The van der Waals surface area contributed by atoms with E-state index < -0.39 is 0 Å². The highest BCUT2D eigenvalue weighted by molar-refractivity contribution is 5.55. The molecule has 0 saturated carbocycles. The summed E-state index contributed by atoms with van der Waals surface area (Å²) in [4.78, 5) is 8.77. The molecule has 0 aliphatic rings. The lowest BCUT2D eigenvalue weighted by Gasteiger charge is -2.11. The van der Waals surface area contributed by atoms with Gasteiger partial charge in [0.1, 0.15) is 17.3 Å². The number of nitrogens with zero attached hydrogens (tertiary/aromatic N) is 2. The van der Waals surface area contributed by atoms with Gasteiger partial charge in [-0.2, -0.15) is 4.98 Å². The third-order valence-electron chi connectivity index (χ3n) is 3.77. The summed E-state index contributed by atoms with van der Waals surface area (Å²) < 4.78 is 10.8. The van der Waals surface area contributed by atoms with Gasteiger partial charge in [0.25, 0.3) is 0 Å². The van der Waals surface area contributed by atoms with Crippen LogP contribution in [0, 0.1) is 0 Å². The second-order valence-electron chi connectivity index (χ2n) is 6.28. The van der Waals surface area contributed by atoms with Crippen molar-refractivity contribution in [2.45, 2.75) is 26.5 Å². The smallest absolute Gasteiger partial charge is 0.229 e. The van der Waals surface area contributed by atoms with E-state index >= 15 is 0 Å². The van der Waals surface area contributed by atoms with Crippen LogP contribution in [0.3, 0.4) is 0 Å². The second kappa shape index (κ2) is 8.89. The number of methoxy groups -OCH3 is 1. The molecule has 2 N–H and O–H groups in total. The van der Waals surface area contributed by atoms with Crippen LogP contribution < -0.4 is 20.1 Å². The summed E-state index contributed by atoms with van der Waals surface area (Å²) in [6.07, 6.45) is 1.88. The number of aromatic nitrogens is 2. The molecule has 2 aromatic carbocycles. The monoisotopic (exact) mass is 364 g/mol. The van der Waals surface area contributed by atoms with E-state index in [-0.39, 0.29) is 6.10 Å². The van der Waals surface area contributed by atoms with E-state index in [9.17, 15) is 0 Å². The van der Waals surface area contributed by atoms with Crippen LogP contribution in [-0.4, -0.2) is 23.2 Å². The molecular formula is C21H24N4O2. The maximum Gasteiger partial charge on any atom is 0.229 e. The molecule has 0 atom stereocenters. The number of ether oxygens (including phenoxy) is 2. The van der Waals surface area contributed by atoms with Crippen LogP contribution >= 0.6 is 0 Å². The van der Waals surface area contributed by atoms with Gasteiger partial charge in [0.2, 0.25) is 5.95 Å². The fourth-order valence-electron chi connectivity index (χ4n) is 2.47. The fourth-order valence-corrected chi connectivity index (χ4v) is 2.47. The van der Waals surface area contributed by atoms with Crippen molar-refractivity contribution in [2.75, 3.05) is 17.7 Å². The Bertz CT molecular complexity index is 849. The zero-order valence-electron chi connectivity index (χ0n) is 15.8. The molecule has 0 unspecified atom stereocenters. The third kappa shape index (κ3) is 5.60. The van der Waals surface area contributed by atoms with Crippen molar-refractivity contribution in [3.63, 3.8) is 0 Å². The minimum absolute atomic E-state index is 0.153. The Morgan fingerprint density at radius 3 is 2.30 bits per heavy atom. The summed E-state index contributed by atoms with van der Waals surface area (Å²) in [7, 11) is 1.66. The number of rotatable bonds is 8. The summed E-state index contributed by atoms with van der Waals surface area (Å²) in [5, 5.41) is 6.51. The lowest BCUT2D eigenvalue weighted by atomic mass is 10.2. The first-order valence-electron chi connectivity index (χ1n) is 8.86. The van der Waals surface area contributed by atoms with Crippen molar-refractivity contribution in [3.05, 3.63) is 66.4 Å². The number of benzene rings is 2. The molecule has 27 heavy (non-hydrogen) atoms. The standard InChI is InChI=1S/C21H24N4O2/c1-15(2)27-19-10-6-17(7-11-19)24-21-22-13-12-20(25-21)23-14-16-4-8-18(26-3)9-5-16/h4-13,15H,14H2,1-3H3,(H2,22,23,24,25). The van der Waals surface area contributed by atoms with E-state index in [0.29, 0.717) is 12.5 Å². The zero-order valence-corrected chi connectivity index (χ0v) is 15.8. The van der Waals surface area contributed by atoms with Gasteiger partial charge in [-0.1, -0.05) is 12.1 Å². The van der Waals surface area contributed by atoms with Crippen LogP contribution in [0.2, 0.25) is 0 Å². The van der Waals surface area contributed by atoms with E-state index in [2.05, 4.69) is 20.6 Å². The highest BCUT2D eigenvalue weighted by Gasteiger charge is 2.02. The van der Waals surface area contributed by atoms with Gasteiger partial charge in [0, 0.05) is 18.4 Å². The minimum atomic E-state index is 0.153. The van der Waals surface area contributed by atoms with Crippen LogP contribution in [0.25, 0.3) is 0 Å². The van der Waals surface area contributed by atoms with Crippen LogP contribution in [0.5, 0.6) is 11.5 Å². The summed E-state index contributed by atoms with van der Waals surface area (Å²) in [5.74, 6) is 2.97. The average molecular weight is 364 g/mol. The highest BCUT2D eigenvalue weighted by Crippen LogP contribution is 2.20. The Hall–Kier alpha value is -3.28. The summed E-state index contributed by atoms with van der Waals surface area (Å²) in [6, 6.07) is 17.5.